The number of hydrogen-bond donors (Lipinski definition) is 1. The van der Waals surface area contributed by atoms with Crippen molar-refractivity contribution in [1.82, 2.24) is 5.32 Å². The van der Waals surface area contributed by atoms with E-state index in [-0.39, 0.29) is 18.1 Å². The minimum Gasteiger partial charge on any atom is -0.471 e. The highest BCUT2D eigenvalue weighted by Gasteiger charge is 2.13. The van der Waals surface area contributed by atoms with Gasteiger partial charge in [-0.3, -0.25) is 4.79 Å². The Morgan fingerprint density at radius 2 is 2.06 bits per heavy atom. The Hall–Kier alpha value is -1.51. The SMILES string of the molecule is CCC(NC(=O)C(C)C)Oc1cc[c]cc1. The van der Waals surface area contributed by atoms with Gasteiger partial charge in [-0.25, -0.2) is 0 Å². The van der Waals surface area contributed by atoms with E-state index in [1.54, 1.807) is 12.1 Å². The standard InChI is InChI=1S/C13H18NO2/c1-4-12(14-13(15)10(2)3)16-11-8-6-5-7-9-11/h6-10,12H,4H2,1-3H3,(H,14,15). The molecular formula is C13H18NO2. The first-order valence-corrected chi connectivity index (χ1v) is 5.56. The van der Waals surface area contributed by atoms with Crippen LogP contribution < -0.4 is 10.1 Å². The van der Waals surface area contributed by atoms with Crippen molar-refractivity contribution in [2.75, 3.05) is 0 Å². The van der Waals surface area contributed by atoms with Gasteiger partial charge >= 0.3 is 0 Å². The number of rotatable bonds is 5. The summed E-state index contributed by atoms with van der Waals surface area (Å²) < 4.78 is 5.63. The first-order valence-electron chi connectivity index (χ1n) is 5.56. The van der Waals surface area contributed by atoms with E-state index in [1.165, 1.54) is 0 Å². The van der Waals surface area contributed by atoms with E-state index < -0.39 is 0 Å². The number of benzene rings is 1. The van der Waals surface area contributed by atoms with Crippen LogP contribution in [-0.4, -0.2) is 12.1 Å². The van der Waals surface area contributed by atoms with Crippen LogP contribution in [0.3, 0.4) is 0 Å². The van der Waals surface area contributed by atoms with Crippen LogP contribution in [0.15, 0.2) is 24.3 Å². The Morgan fingerprint density at radius 1 is 1.44 bits per heavy atom. The molecule has 1 atom stereocenters. The molecule has 0 saturated carbocycles. The molecule has 1 N–H and O–H groups in total. The highest BCUT2D eigenvalue weighted by molar-refractivity contribution is 5.78. The Balaban J connectivity index is 2.53. The molecule has 0 heterocycles. The predicted molar refractivity (Wildman–Crippen MR) is 63.0 cm³/mol. The maximum atomic E-state index is 11.5. The molecule has 1 amide bonds. The summed E-state index contributed by atoms with van der Waals surface area (Å²) in [5.41, 5.74) is 0. The van der Waals surface area contributed by atoms with E-state index in [0.29, 0.717) is 0 Å². The summed E-state index contributed by atoms with van der Waals surface area (Å²) in [6.07, 6.45) is 0.467. The average molecular weight is 220 g/mol. The number of carbonyl (C=O) groups excluding carboxylic acids is 1. The summed E-state index contributed by atoms with van der Waals surface area (Å²) in [6.45, 7) is 5.69. The molecule has 0 fully saturated rings. The fourth-order valence-electron chi connectivity index (χ4n) is 1.15. The zero-order valence-corrected chi connectivity index (χ0v) is 9.99. The van der Waals surface area contributed by atoms with Crippen LogP contribution in [0, 0.1) is 12.0 Å². The molecule has 0 aromatic heterocycles. The highest BCUT2D eigenvalue weighted by atomic mass is 16.5. The summed E-state index contributed by atoms with van der Waals surface area (Å²) in [4.78, 5) is 11.5. The molecule has 1 unspecified atom stereocenters. The first kappa shape index (κ1) is 12.6. The van der Waals surface area contributed by atoms with Crippen LogP contribution in [0.25, 0.3) is 0 Å². The lowest BCUT2D eigenvalue weighted by molar-refractivity contribution is -0.126. The van der Waals surface area contributed by atoms with Gasteiger partial charge < -0.3 is 10.1 Å². The number of ether oxygens (including phenoxy) is 1. The Kier molecular flexibility index (Phi) is 4.83. The number of carbonyl (C=O) groups is 1. The third-order valence-electron chi connectivity index (χ3n) is 2.16. The predicted octanol–water partition coefficient (Wildman–Crippen LogP) is 2.37. The molecule has 0 bridgehead atoms. The summed E-state index contributed by atoms with van der Waals surface area (Å²) in [5, 5.41) is 2.84. The fraction of sp³-hybridized carbons (Fsp3) is 0.462. The molecule has 87 valence electrons. The maximum absolute atomic E-state index is 11.5. The molecule has 3 heteroatoms. The van der Waals surface area contributed by atoms with E-state index in [0.717, 1.165) is 12.2 Å². The van der Waals surface area contributed by atoms with E-state index in [1.807, 2.05) is 32.9 Å². The van der Waals surface area contributed by atoms with Crippen LogP contribution in [0.2, 0.25) is 0 Å². The largest absolute Gasteiger partial charge is 0.471 e. The van der Waals surface area contributed by atoms with Crippen molar-refractivity contribution in [2.45, 2.75) is 33.4 Å². The van der Waals surface area contributed by atoms with Crippen LogP contribution in [0.1, 0.15) is 27.2 Å². The van der Waals surface area contributed by atoms with Crippen molar-refractivity contribution in [3.8, 4) is 5.75 Å². The van der Waals surface area contributed by atoms with Gasteiger partial charge in [-0.2, -0.15) is 0 Å². The van der Waals surface area contributed by atoms with Gasteiger partial charge in [-0.15, -0.1) is 0 Å². The van der Waals surface area contributed by atoms with Crippen LogP contribution in [-0.2, 0) is 4.79 Å². The first-order chi connectivity index (χ1) is 7.63. The van der Waals surface area contributed by atoms with Crippen molar-refractivity contribution >= 4 is 5.91 Å². The van der Waals surface area contributed by atoms with Crippen LogP contribution in [0.5, 0.6) is 5.75 Å². The third-order valence-corrected chi connectivity index (χ3v) is 2.16. The van der Waals surface area contributed by atoms with Gasteiger partial charge in [0, 0.05) is 12.3 Å². The zero-order chi connectivity index (χ0) is 12.0. The number of amides is 1. The Morgan fingerprint density at radius 3 is 2.56 bits per heavy atom. The third kappa shape index (κ3) is 3.93. The molecule has 1 radical (unpaired) electrons. The van der Waals surface area contributed by atoms with Crippen molar-refractivity contribution in [3.05, 3.63) is 30.3 Å². The maximum Gasteiger partial charge on any atom is 0.225 e. The van der Waals surface area contributed by atoms with E-state index in [9.17, 15) is 4.79 Å². The topological polar surface area (TPSA) is 38.3 Å². The van der Waals surface area contributed by atoms with Crippen LogP contribution >= 0.6 is 0 Å². The van der Waals surface area contributed by atoms with Gasteiger partial charge in [-0.1, -0.05) is 32.9 Å². The summed E-state index contributed by atoms with van der Waals surface area (Å²) in [5.74, 6) is 0.728. The Bertz CT molecular complexity index is 322. The highest BCUT2D eigenvalue weighted by Crippen LogP contribution is 2.11. The molecule has 3 nitrogen and oxygen atoms in total. The second kappa shape index (κ2) is 6.16. The lowest BCUT2D eigenvalue weighted by Crippen LogP contribution is -2.40. The quantitative estimate of drug-likeness (QED) is 0.774. The lowest BCUT2D eigenvalue weighted by atomic mass is 10.2. The molecule has 0 aliphatic carbocycles. The van der Waals surface area contributed by atoms with Gasteiger partial charge in [0.25, 0.3) is 0 Å². The van der Waals surface area contributed by atoms with Crippen molar-refractivity contribution < 1.29 is 9.53 Å². The Labute approximate surface area is 96.8 Å². The summed E-state index contributed by atoms with van der Waals surface area (Å²) in [7, 11) is 0. The molecule has 1 rings (SSSR count). The molecule has 1 aromatic carbocycles. The number of nitrogens with one attached hydrogen (secondary N) is 1. The molecule has 16 heavy (non-hydrogen) atoms. The normalized spacial score (nSPS) is 12.2. The van der Waals surface area contributed by atoms with Crippen molar-refractivity contribution in [1.29, 1.82) is 0 Å². The zero-order valence-electron chi connectivity index (χ0n) is 9.99. The molecule has 0 spiro atoms. The molecule has 0 aliphatic rings. The van der Waals surface area contributed by atoms with Gasteiger partial charge in [0.2, 0.25) is 5.91 Å². The number of hydrogen-bond acceptors (Lipinski definition) is 2. The summed E-state index contributed by atoms with van der Waals surface area (Å²) >= 11 is 0. The fourth-order valence-corrected chi connectivity index (χ4v) is 1.15. The van der Waals surface area contributed by atoms with Crippen LogP contribution in [0.4, 0.5) is 0 Å². The minimum atomic E-state index is -0.266. The van der Waals surface area contributed by atoms with Gasteiger partial charge in [0.1, 0.15) is 5.75 Å². The summed E-state index contributed by atoms with van der Waals surface area (Å²) in [6, 6.07) is 10.1. The van der Waals surface area contributed by atoms with E-state index >= 15 is 0 Å². The van der Waals surface area contributed by atoms with Gasteiger partial charge in [0.05, 0.1) is 0 Å². The molecule has 0 aliphatic heterocycles. The van der Waals surface area contributed by atoms with Crippen molar-refractivity contribution in [3.63, 3.8) is 0 Å². The van der Waals surface area contributed by atoms with E-state index in [2.05, 4.69) is 11.4 Å². The molecule has 1 aromatic rings. The molecule has 0 saturated heterocycles. The second-order valence-electron chi connectivity index (χ2n) is 3.91. The lowest BCUT2D eigenvalue weighted by Gasteiger charge is -2.20. The second-order valence-corrected chi connectivity index (χ2v) is 3.91. The van der Waals surface area contributed by atoms with Gasteiger partial charge in [-0.05, 0) is 18.2 Å². The van der Waals surface area contributed by atoms with Gasteiger partial charge in [0.15, 0.2) is 6.23 Å². The average Bonchev–Trinajstić information content (AvgIpc) is 2.29. The molecular weight excluding hydrogens is 202 g/mol. The van der Waals surface area contributed by atoms with E-state index in [4.69, 9.17) is 4.74 Å². The minimum absolute atomic E-state index is 0.00865. The monoisotopic (exact) mass is 220 g/mol. The van der Waals surface area contributed by atoms with Crippen molar-refractivity contribution in [2.24, 2.45) is 5.92 Å². The smallest absolute Gasteiger partial charge is 0.225 e.